The third-order valence-corrected chi connectivity index (χ3v) is 7.25. The molecule has 4 rings (SSSR count). The van der Waals surface area contributed by atoms with Crippen LogP contribution in [-0.4, -0.2) is 27.0 Å². The van der Waals surface area contributed by atoms with E-state index in [2.05, 4.69) is 57.1 Å². The molecule has 3 aromatic carbocycles. The highest BCUT2D eigenvalue weighted by atomic mass is 127. The van der Waals surface area contributed by atoms with Gasteiger partial charge >= 0.3 is 5.97 Å². The molecule has 1 N–H and O–H groups in total. The van der Waals surface area contributed by atoms with Crippen LogP contribution in [0.15, 0.2) is 78.2 Å². The van der Waals surface area contributed by atoms with Gasteiger partial charge in [0.1, 0.15) is 12.4 Å². The number of carbonyl (C=O) groups is 1. The normalized spacial score (nSPS) is 10.8. The minimum Gasteiger partial charge on any atom is -0.489 e. The molecule has 1 heterocycles. The summed E-state index contributed by atoms with van der Waals surface area (Å²) >= 11 is 10.1. The van der Waals surface area contributed by atoms with Crippen LogP contribution in [0.1, 0.15) is 23.1 Å². The van der Waals surface area contributed by atoms with Crippen molar-refractivity contribution in [1.29, 1.82) is 0 Å². The predicted molar refractivity (Wildman–Crippen MR) is 156 cm³/mol. The van der Waals surface area contributed by atoms with Crippen LogP contribution in [0.5, 0.6) is 5.75 Å². The summed E-state index contributed by atoms with van der Waals surface area (Å²) in [7, 11) is 0. The lowest BCUT2D eigenvalue weighted by Gasteiger charge is -2.21. The van der Waals surface area contributed by atoms with E-state index in [0.29, 0.717) is 13.0 Å². The van der Waals surface area contributed by atoms with Gasteiger partial charge in [-0.05, 0) is 47.4 Å². The highest BCUT2D eigenvalue weighted by molar-refractivity contribution is 14.1. The molecular formula is C28H26ClIN2O3S. The smallest absolute Gasteiger partial charge is 0.303 e. The maximum Gasteiger partial charge on any atom is 0.303 e. The number of thiazole rings is 1. The summed E-state index contributed by atoms with van der Waals surface area (Å²) in [6, 6.07) is 23.9. The minimum absolute atomic E-state index is 0.133. The molecule has 0 aliphatic rings. The zero-order valence-electron chi connectivity index (χ0n) is 19.6. The number of halogens is 2. The fourth-order valence-electron chi connectivity index (χ4n) is 3.64. The topological polar surface area (TPSA) is 62.7 Å². The molecule has 0 saturated heterocycles. The van der Waals surface area contributed by atoms with Gasteiger partial charge in [0.05, 0.1) is 5.69 Å². The maximum atomic E-state index is 10.7. The Kier molecular flexibility index (Phi) is 9.60. The molecule has 4 aromatic rings. The zero-order valence-corrected chi connectivity index (χ0v) is 23.3. The van der Waals surface area contributed by atoms with Crippen LogP contribution in [-0.2, 0) is 24.4 Å². The van der Waals surface area contributed by atoms with E-state index in [1.165, 1.54) is 5.56 Å². The van der Waals surface area contributed by atoms with E-state index in [9.17, 15) is 4.79 Å². The lowest BCUT2D eigenvalue weighted by Crippen LogP contribution is -2.24. The van der Waals surface area contributed by atoms with Gasteiger partial charge in [-0.15, -0.1) is 11.3 Å². The number of rotatable bonds is 12. The summed E-state index contributed by atoms with van der Waals surface area (Å²) in [6.45, 7) is 2.18. The van der Waals surface area contributed by atoms with Gasteiger partial charge in [-0.1, -0.05) is 82.7 Å². The molecule has 5 nitrogen and oxygen atoms in total. The number of aliphatic carboxylic acids is 1. The number of anilines is 1. The van der Waals surface area contributed by atoms with E-state index < -0.39 is 5.97 Å². The number of alkyl halides is 1. The SMILES string of the molecule is O=C(O)CCc1ccc(OCc2ccc(CN(CCI)c3nc(-c4ccc(Cl)cc4)cs3)cc2)cc1. The molecule has 0 saturated carbocycles. The van der Waals surface area contributed by atoms with Crippen LogP contribution in [0, 0.1) is 0 Å². The predicted octanol–water partition coefficient (Wildman–Crippen LogP) is 7.50. The van der Waals surface area contributed by atoms with Crippen molar-refractivity contribution in [3.63, 3.8) is 0 Å². The second-order valence-electron chi connectivity index (χ2n) is 8.28. The largest absolute Gasteiger partial charge is 0.489 e. The fraction of sp³-hybridized carbons (Fsp3) is 0.214. The Morgan fingerprint density at radius 2 is 1.64 bits per heavy atom. The fourth-order valence-corrected chi connectivity index (χ4v) is 5.21. The van der Waals surface area contributed by atoms with Gasteiger partial charge in [0.15, 0.2) is 5.13 Å². The second kappa shape index (κ2) is 13.1. The first-order valence-corrected chi connectivity index (χ1v) is 14.3. The summed E-state index contributed by atoms with van der Waals surface area (Å²) in [5.41, 5.74) is 5.33. The zero-order chi connectivity index (χ0) is 25.3. The van der Waals surface area contributed by atoms with Gasteiger partial charge < -0.3 is 14.7 Å². The van der Waals surface area contributed by atoms with Crippen LogP contribution >= 0.6 is 45.5 Å². The Bertz CT molecular complexity index is 1260. The third-order valence-electron chi connectivity index (χ3n) is 5.61. The highest BCUT2D eigenvalue weighted by Crippen LogP contribution is 2.29. The van der Waals surface area contributed by atoms with Crippen molar-refractivity contribution in [3.8, 4) is 17.0 Å². The molecule has 36 heavy (non-hydrogen) atoms. The molecule has 0 fully saturated rings. The van der Waals surface area contributed by atoms with E-state index in [-0.39, 0.29) is 6.42 Å². The Labute approximate surface area is 233 Å². The van der Waals surface area contributed by atoms with Gasteiger partial charge in [0.2, 0.25) is 0 Å². The van der Waals surface area contributed by atoms with Gasteiger partial charge in [0.25, 0.3) is 0 Å². The Morgan fingerprint density at radius 1 is 0.972 bits per heavy atom. The van der Waals surface area contributed by atoms with Crippen LogP contribution in [0.4, 0.5) is 5.13 Å². The Morgan fingerprint density at radius 3 is 2.31 bits per heavy atom. The summed E-state index contributed by atoms with van der Waals surface area (Å²) in [4.78, 5) is 17.9. The number of hydrogen-bond acceptors (Lipinski definition) is 5. The molecule has 0 radical (unpaired) electrons. The molecule has 0 bridgehead atoms. The quantitative estimate of drug-likeness (QED) is 0.129. The summed E-state index contributed by atoms with van der Waals surface area (Å²) in [6.07, 6.45) is 0.656. The number of benzene rings is 3. The molecule has 0 unspecified atom stereocenters. The van der Waals surface area contributed by atoms with Crippen molar-refractivity contribution < 1.29 is 14.6 Å². The van der Waals surface area contributed by atoms with E-state index in [1.807, 2.05) is 48.5 Å². The molecule has 0 atom stereocenters. The molecule has 0 amide bonds. The van der Waals surface area contributed by atoms with Gasteiger partial charge in [-0.25, -0.2) is 4.98 Å². The number of carboxylic acid groups (broad SMARTS) is 1. The number of aromatic nitrogens is 1. The van der Waals surface area contributed by atoms with Crippen LogP contribution < -0.4 is 9.64 Å². The van der Waals surface area contributed by atoms with Crippen LogP contribution in [0.2, 0.25) is 5.02 Å². The molecule has 0 spiro atoms. The molecule has 0 aliphatic carbocycles. The average molecular weight is 633 g/mol. The summed E-state index contributed by atoms with van der Waals surface area (Å²) in [5.74, 6) is -0.0165. The van der Waals surface area contributed by atoms with Crippen molar-refractivity contribution >= 4 is 56.6 Å². The molecule has 186 valence electrons. The molecule has 0 aliphatic heterocycles. The second-order valence-corrected chi connectivity index (χ2v) is 10.6. The Hall–Kier alpha value is -2.62. The van der Waals surface area contributed by atoms with E-state index in [0.717, 1.165) is 55.8 Å². The van der Waals surface area contributed by atoms with Gasteiger partial charge in [0, 0.05) is 39.9 Å². The minimum atomic E-state index is -0.787. The number of ether oxygens (including phenoxy) is 1. The number of aryl methyl sites for hydroxylation is 1. The molecular weight excluding hydrogens is 607 g/mol. The third kappa shape index (κ3) is 7.69. The first-order chi connectivity index (χ1) is 17.5. The van der Waals surface area contributed by atoms with Gasteiger partial charge in [-0.2, -0.15) is 0 Å². The van der Waals surface area contributed by atoms with Crippen molar-refractivity contribution in [2.75, 3.05) is 15.9 Å². The standard InChI is InChI=1S/C28H26ClIN2O3S/c29-24-10-8-23(9-11-24)26-19-36-28(31-26)32(16-15-30)17-21-1-3-22(4-2-21)18-35-25-12-5-20(6-13-25)7-14-27(33)34/h1-6,8-13,19H,7,14-18H2,(H,33,34). The monoisotopic (exact) mass is 632 g/mol. The van der Waals surface area contributed by atoms with Gasteiger partial charge in [-0.3, -0.25) is 4.79 Å². The van der Waals surface area contributed by atoms with Crippen LogP contribution in [0.25, 0.3) is 11.3 Å². The molecule has 1 aromatic heterocycles. The lowest BCUT2D eigenvalue weighted by atomic mass is 10.1. The van der Waals surface area contributed by atoms with Crippen molar-refractivity contribution in [2.45, 2.75) is 26.0 Å². The van der Waals surface area contributed by atoms with E-state index in [4.69, 9.17) is 26.4 Å². The maximum absolute atomic E-state index is 10.7. The number of nitrogens with zero attached hydrogens (tertiary/aromatic N) is 2. The van der Waals surface area contributed by atoms with Crippen molar-refractivity contribution in [3.05, 3.63) is 99.9 Å². The summed E-state index contributed by atoms with van der Waals surface area (Å²) < 4.78 is 6.92. The highest BCUT2D eigenvalue weighted by Gasteiger charge is 2.13. The van der Waals surface area contributed by atoms with Crippen molar-refractivity contribution in [2.24, 2.45) is 0 Å². The Balaban J connectivity index is 1.34. The van der Waals surface area contributed by atoms with Crippen LogP contribution in [0.3, 0.4) is 0 Å². The summed E-state index contributed by atoms with van der Waals surface area (Å²) in [5, 5.41) is 12.6. The number of hydrogen-bond donors (Lipinski definition) is 1. The first kappa shape index (κ1) is 26.4. The molecule has 8 heteroatoms. The van der Waals surface area contributed by atoms with E-state index >= 15 is 0 Å². The number of carboxylic acids is 1. The lowest BCUT2D eigenvalue weighted by molar-refractivity contribution is -0.136. The van der Waals surface area contributed by atoms with E-state index in [1.54, 1.807) is 11.3 Å². The van der Waals surface area contributed by atoms with Crippen molar-refractivity contribution in [1.82, 2.24) is 4.98 Å². The average Bonchev–Trinajstić information content (AvgIpc) is 3.38. The first-order valence-electron chi connectivity index (χ1n) is 11.5.